The van der Waals surface area contributed by atoms with Crippen LogP contribution < -0.4 is 19.7 Å². The van der Waals surface area contributed by atoms with Crippen molar-refractivity contribution in [2.24, 2.45) is 5.92 Å². The van der Waals surface area contributed by atoms with E-state index in [0.29, 0.717) is 54.0 Å². The van der Waals surface area contributed by atoms with Gasteiger partial charge in [-0.1, -0.05) is 31.5 Å². The number of benzene rings is 2. The standard InChI is InChI=1S/C22H24ClN3O4/c1-14(2)22(28)26-10-8-25(9-11-26)20-16(23)4-3-5-17(20)24-21(27)15-6-7-18-19(12-15)30-13-29-18/h3-7,12,14H,8-11,13H2,1-2H3,(H,24,27). The first-order valence-corrected chi connectivity index (χ1v) is 10.3. The van der Waals surface area contributed by atoms with Gasteiger partial charge in [-0.15, -0.1) is 0 Å². The maximum absolute atomic E-state index is 12.9. The summed E-state index contributed by atoms with van der Waals surface area (Å²) in [6.45, 7) is 6.52. The van der Waals surface area contributed by atoms with Gasteiger partial charge in [-0.05, 0) is 30.3 Å². The van der Waals surface area contributed by atoms with Crippen molar-refractivity contribution in [2.45, 2.75) is 13.8 Å². The van der Waals surface area contributed by atoms with Crippen molar-refractivity contribution < 1.29 is 19.1 Å². The number of fused-ring (bicyclic) bond motifs is 1. The molecular weight excluding hydrogens is 406 g/mol. The van der Waals surface area contributed by atoms with Gasteiger partial charge in [0.15, 0.2) is 11.5 Å². The summed E-state index contributed by atoms with van der Waals surface area (Å²) in [6, 6.07) is 10.5. The van der Waals surface area contributed by atoms with Crippen molar-refractivity contribution in [2.75, 3.05) is 43.2 Å². The summed E-state index contributed by atoms with van der Waals surface area (Å²) in [5.41, 5.74) is 1.87. The third-order valence-electron chi connectivity index (χ3n) is 5.27. The number of nitrogens with zero attached hydrogens (tertiary/aromatic N) is 2. The van der Waals surface area contributed by atoms with Gasteiger partial charge in [-0.25, -0.2) is 0 Å². The zero-order valence-electron chi connectivity index (χ0n) is 17.0. The van der Waals surface area contributed by atoms with Gasteiger partial charge in [0.1, 0.15) is 0 Å². The molecule has 2 aromatic carbocycles. The molecular formula is C22H24ClN3O4. The molecule has 1 saturated heterocycles. The molecule has 0 atom stereocenters. The van der Waals surface area contributed by atoms with Gasteiger partial charge in [0, 0.05) is 37.7 Å². The normalized spacial score (nSPS) is 15.5. The summed E-state index contributed by atoms with van der Waals surface area (Å²) in [4.78, 5) is 29.1. The predicted molar refractivity (Wildman–Crippen MR) is 116 cm³/mol. The Balaban J connectivity index is 1.51. The van der Waals surface area contributed by atoms with Crippen LogP contribution in [0.2, 0.25) is 5.02 Å². The van der Waals surface area contributed by atoms with Crippen LogP contribution in [-0.4, -0.2) is 49.7 Å². The molecule has 2 heterocycles. The van der Waals surface area contributed by atoms with Crippen LogP contribution >= 0.6 is 11.6 Å². The van der Waals surface area contributed by atoms with Gasteiger partial charge >= 0.3 is 0 Å². The minimum absolute atomic E-state index is 0.0200. The number of ether oxygens (including phenoxy) is 2. The number of piperazine rings is 1. The van der Waals surface area contributed by atoms with Crippen LogP contribution in [0.4, 0.5) is 11.4 Å². The van der Waals surface area contributed by atoms with E-state index in [1.54, 1.807) is 30.3 Å². The van der Waals surface area contributed by atoms with Gasteiger partial charge in [0.25, 0.3) is 5.91 Å². The molecule has 2 aliphatic heterocycles. The van der Waals surface area contributed by atoms with Gasteiger partial charge < -0.3 is 24.6 Å². The lowest BCUT2D eigenvalue weighted by Gasteiger charge is -2.38. The van der Waals surface area contributed by atoms with E-state index in [-0.39, 0.29) is 24.5 Å². The Labute approximate surface area is 180 Å². The van der Waals surface area contributed by atoms with Crippen molar-refractivity contribution in [3.63, 3.8) is 0 Å². The lowest BCUT2D eigenvalue weighted by atomic mass is 10.1. The van der Waals surface area contributed by atoms with E-state index in [4.69, 9.17) is 21.1 Å². The van der Waals surface area contributed by atoms with Crippen molar-refractivity contribution in [3.05, 3.63) is 47.0 Å². The quantitative estimate of drug-likeness (QED) is 0.803. The molecule has 0 aromatic heterocycles. The van der Waals surface area contributed by atoms with E-state index in [9.17, 15) is 9.59 Å². The minimum Gasteiger partial charge on any atom is -0.454 e. The molecule has 7 nitrogen and oxygen atoms in total. The summed E-state index contributed by atoms with van der Waals surface area (Å²) in [6.07, 6.45) is 0. The maximum Gasteiger partial charge on any atom is 0.255 e. The van der Waals surface area contributed by atoms with Crippen molar-refractivity contribution in [1.82, 2.24) is 4.90 Å². The Morgan fingerprint density at radius 3 is 2.50 bits per heavy atom. The maximum atomic E-state index is 12.9. The molecule has 0 bridgehead atoms. The number of carbonyl (C=O) groups is 2. The zero-order chi connectivity index (χ0) is 21.3. The highest BCUT2D eigenvalue weighted by molar-refractivity contribution is 6.34. The second-order valence-corrected chi connectivity index (χ2v) is 8.03. The summed E-state index contributed by atoms with van der Waals surface area (Å²) < 4.78 is 10.7. The Hall–Kier alpha value is -2.93. The zero-order valence-corrected chi connectivity index (χ0v) is 17.7. The van der Waals surface area contributed by atoms with E-state index in [1.165, 1.54) is 0 Å². The Bertz CT molecular complexity index is 971. The van der Waals surface area contributed by atoms with Crippen LogP contribution in [0.5, 0.6) is 11.5 Å². The number of rotatable bonds is 4. The van der Waals surface area contributed by atoms with Gasteiger partial charge in [-0.3, -0.25) is 9.59 Å². The number of nitrogens with one attached hydrogen (secondary N) is 1. The summed E-state index contributed by atoms with van der Waals surface area (Å²) in [5.74, 6) is 1.06. The van der Waals surface area contributed by atoms with Crippen LogP contribution in [0.15, 0.2) is 36.4 Å². The SMILES string of the molecule is CC(C)C(=O)N1CCN(c2c(Cl)cccc2NC(=O)c2ccc3c(c2)OCO3)CC1. The fraction of sp³-hybridized carbons (Fsp3) is 0.364. The molecule has 2 aromatic rings. The minimum atomic E-state index is -0.259. The molecule has 8 heteroatoms. The Morgan fingerprint density at radius 1 is 1.03 bits per heavy atom. The molecule has 0 radical (unpaired) electrons. The molecule has 2 aliphatic rings. The topological polar surface area (TPSA) is 71.1 Å². The highest BCUT2D eigenvalue weighted by Gasteiger charge is 2.26. The molecule has 158 valence electrons. The average molecular weight is 430 g/mol. The molecule has 1 N–H and O–H groups in total. The Kier molecular flexibility index (Phi) is 5.72. The monoisotopic (exact) mass is 429 g/mol. The largest absolute Gasteiger partial charge is 0.454 e. The average Bonchev–Trinajstić information content (AvgIpc) is 3.21. The fourth-order valence-electron chi connectivity index (χ4n) is 3.69. The van der Waals surface area contributed by atoms with Crippen molar-refractivity contribution in [1.29, 1.82) is 0 Å². The highest BCUT2D eigenvalue weighted by atomic mass is 35.5. The molecule has 2 amide bonds. The van der Waals surface area contributed by atoms with E-state index in [2.05, 4.69) is 10.2 Å². The summed E-state index contributed by atoms with van der Waals surface area (Å²) >= 11 is 6.51. The van der Waals surface area contributed by atoms with Crippen molar-refractivity contribution >= 4 is 34.8 Å². The summed E-state index contributed by atoms with van der Waals surface area (Å²) in [5, 5.41) is 3.52. The fourth-order valence-corrected chi connectivity index (χ4v) is 3.98. The number of anilines is 2. The lowest BCUT2D eigenvalue weighted by Crippen LogP contribution is -2.50. The van der Waals surface area contributed by atoms with Crippen LogP contribution in [-0.2, 0) is 4.79 Å². The number of amides is 2. The number of para-hydroxylation sites is 1. The van der Waals surface area contributed by atoms with E-state index in [0.717, 1.165) is 5.69 Å². The third-order valence-corrected chi connectivity index (χ3v) is 5.58. The van der Waals surface area contributed by atoms with Crippen LogP contribution in [0.25, 0.3) is 0 Å². The number of carbonyl (C=O) groups excluding carboxylic acids is 2. The first kappa shape index (κ1) is 20.3. The molecule has 0 aliphatic carbocycles. The number of hydrogen-bond donors (Lipinski definition) is 1. The first-order valence-electron chi connectivity index (χ1n) is 9.97. The molecule has 0 saturated carbocycles. The molecule has 0 spiro atoms. The molecule has 4 rings (SSSR count). The van der Waals surface area contributed by atoms with Gasteiger partial charge in [0.2, 0.25) is 12.7 Å². The van der Waals surface area contributed by atoms with E-state index < -0.39 is 0 Å². The molecule has 30 heavy (non-hydrogen) atoms. The Morgan fingerprint density at radius 2 is 1.77 bits per heavy atom. The van der Waals surface area contributed by atoms with Crippen LogP contribution in [0.1, 0.15) is 24.2 Å². The van der Waals surface area contributed by atoms with E-state index in [1.807, 2.05) is 24.8 Å². The first-order chi connectivity index (χ1) is 14.4. The molecule has 0 unspecified atom stereocenters. The second kappa shape index (κ2) is 8.44. The third kappa shape index (κ3) is 4.03. The second-order valence-electron chi connectivity index (χ2n) is 7.63. The van der Waals surface area contributed by atoms with E-state index >= 15 is 0 Å². The molecule has 1 fully saturated rings. The smallest absolute Gasteiger partial charge is 0.255 e. The number of hydrogen-bond acceptors (Lipinski definition) is 5. The lowest BCUT2D eigenvalue weighted by molar-refractivity contribution is -0.134. The van der Waals surface area contributed by atoms with Crippen molar-refractivity contribution in [3.8, 4) is 11.5 Å². The number of halogens is 1. The van der Waals surface area contributed by atoms with Gasteiger partial charge in [-0.2, -0.15) is 0 Å². The van der Waals surface area contributed by atoms with Crippen LogP contribution in [0, 0.1) is 5.92 Å². The summed E-state index contributed by atoms with van der Waals surface area (Å²) in [7, 11) is 0. The van der Waals surface area contributed by atoms with Gasteiger partial charge in [0.05, 0.1) is 16.4 Å². The van der Waals surface area contributed by atoms with Crippen LogP contribution in [0.3, 0.4) is 0 Å². The highest BCUT2D eigenvalue weighted by Crippen LogP contribution is 2.36. The predicted octanol–water partition coefficient (Wildman–Crippen LogP) is 3.63.